The first kappa shape index (κ1) is 12.9. The quantitative estimate of drug-likeness (QED) is 0.806. The van der Waals surface area contributed by atoms with E-state index in [1.165, 1.54) is 6.07 Å². The second-order valence-corrected chi connectivity index (χ2v) is 3.88. The lowest BCUT2D eigenvalue weighted by molar-refractivity contribution is 0.0453. The molecule has 1 unspecified atom stereocenters. The molecule has 90 valence electrons. The minimum atomic E-state index is -1.00. The van der Waals surface area contributed by atoms with Crippen molar-refractivity contribution in [2.24, 2.45) is 5.73 Å². The molecule has 0 radical (unpaired) electrons. The van der Waals surface area contributed by atoms with Crippen molar-refractivity contribution in [3.05, 3.63) is 29.8 Å². The van der Waals surface area contributed by atoms with Crippen molar-refractivity contribution in [3.63, 3.8) is 0 Å². The molecule has 0 spiro atoms. The summed E-state index contributed by atoms with van der Waals surface area (Å²) in [5.74, 6) is -1.64. The van der Waals surface area contributed by atoms with Crippen molar-refractivity contribution in [2.45, 2.75) is 18.9 Å². The first-order valence-electron chi connectivity index (χ1n) is 4.95. The van der Waals surface area contributed by atoms with Crippen LogP contribution in [-0.2, 0) is 0 Å². The molecule has 1 rings (SSSR count). The third-order valence-corrected chi connectivity index (χ3v) is 2.24. The molecule has 0 saturated carbocycles. The summed E-state index contributed by atoms with van der Waals surface area (Å²) in [6.45, 7) is 1.89. The molecule has 0 fully saturated rings. The largest absolute Gasteiger partial charge is 0.493 e. The topological polar surface area (TPSA) is 55.5 Å². The molecular formula is C11H15F2NO2. The van der Waals surface area contributed by atoms with E-state index in [1.807, 2.05) is 0 Å². The van der Waals surface area contributed by atoms with Crippen LogP contribution in [0.25, 0.3) is 0 Å². The van der Waals surface area contributed by atoms with Gasteiger partial charge in [0, 0.05) is 19.0 Å². The average Bonchev–Trinajstić information content (AvgIpc) is 2.23. The van der Waals surface area contributed by atoms with Crippen LogP contribution in [0.3, 0.4) is 0 Å². The van der Waals surface area contributed by atoms with E-state index in [0.29, 0.717) is 6.42 Å². The third kappa shape index (κ3) is 3.75. The summed E-state index contributed by atoms with van der Waals surface area (Å²) in [6, 6.07) is 3.29. The number of hydrogen-bond donors (Lipinski definition) is 2. The molecule has 3 nitrogen and oxygen atoms in total. The van der Waals surface area contributed by atoms with E-state index in [1.54, 1.807) is 6.92 Å². The van der Waals surface area contributed by atoms with E-state index in [9.17, 15) is 13.9 Å². The molecule has 0 bridgehead atoms. The maximum absolute atomic E-state index is 12.8. The zero-order valence-corrected chi connectivity index (χ0v) is 9.04. The van der Waals surface area contributed by atoms with Gasteiger partial charge in [-0.2, -0.15) is 0 Å². The van der Waals surface area contributed by atoms with Crippen LogP contribution in [0.4, 0.5) is 8.78 Å². The first-order valence-corrected chi connectivity index (χ1v) is 4.95. The minimum Gasteiger partial charge on any atom is -0.493 e. The van der Waals surface area contributed by atoms with Gasteiger partial charge in [0.05, 0.1) is 12.2 Å². The molecule has 0 aliphatic rings. The fourth-order valence-electron chi connectivity index (χ4n) is 1.06. The van der Waals surface area contributed by atoms with Crippen LogP contribution in [0.5, 0.6) is 5.75 Å². The third-order valence-electron chi connectivity index (χ3n) is 2.24. The average molecular weight is 231 g/mol. The summed E-state index contributed by atoms with van der Waals surface area (Å²) >= 11 is 0. The van der Waals surface area contributed by atoms with Gasteiger partial charge >= 0.3 is 0 Å². The van der Waals surface area contributed by atoms with Crippen LogP contribution in [0.15, 0.2) is 18.2 Å². The first-order chi connectivity index (χ1) is 7.44. The summed E-state index contributed by atoms with van der Waals surface area (Å²) in [5.41, 5.74) is 4.31. The Kier molecular flexibility index (Phi) is 4.20. The van der Waals surface area contributed by atoms with E-state index in [0.717, 1.165) is 12.1 Å². The highest BCUT2D eigenvalue weighted by molar-refractivity contribution is 5.23. The summed E-state index contributed by atoms with van der Waals surface area (Å²) in [4.78, 5) is 0. The van der Waals surface area contributed by atoms with Gasteiger partial charge in [-0.25, -0.2) is 8.78 Å². The van der Waals surface area contributed by atoms with Gasteiger partial charge in [-0.05, 0) is 19.1 Å². The molecule has 0 heterocycles. The highest BCUT2D eigenvalue weighted by Gasteiger charge is 2.17. The molecule has 0 saturated heterocycles. The Labute approximate surface area is 92.8 Å². The number of halogens is 2. The molecule has 0 aliphatic heterocycles. The van der Waals surface area contributed by atoms with Crippen molar-refractivity contribution < 1.29 is 18.6 Å². The van der Waals surface area contributed by atoms with Gasteiger partial charge in [0.1, 0.15) is 5.75 Å². The molecule has 1 aromatic rings. The normalized spacial score (nSPS) is 14.6. The number of hydrogen-bond acceptors (Lipinski definition) is 3. The molecule has 3 N–H and O–H groups in total. The number of rotatable bonds is 5. The predicted molar refractivity (Wildman–Crippen MR) is 56.1 cm³/mol. The fourth-order valence-corrected chi connectivity index (χ4v) is 1.06. The van der Waals surface area contributed by atoms with Gasteiger partial charge in [-0.15, -0.1) is 0 Å². The van der Waals surface area contributed by atoms with E-state index in [4.69, 9.17) is 10.5 Å². The maximum Gasteiger partial charge on any atom is 0.162 e. The standard InChI is InChI=1S/C11H15F2NO2/c1-11(15,7-14)4-5-16-8-2-3-9(12)10(13)6-8/h2-3,6,15H,4-5,7,14H2,1H3. The zero-order chi connectivity index (χ0) is 12.2. The van der Waals surface area contributed by atoms with Crippen molar-refractivity contribution in [1.82, 2.24) is 0 Å². The van der Waals surface area contributed by atoms with Gasteiger partial charge in [0.25, 0.3) is 0 Å². The van der Waals surface area contributed by atoms with Crippen LogP contribution >= 0.6 is 0 Å². The second kappa shape index (κ2) is 5.23. The van der Waals surface area contributed by atoms with Crippen molar-refractivity contribution in [1.29, 1.82) is 0 Å². The minimum absolute atomic E-state index is 0.119. The number of ether oxygens (including phenoxy) is 1. The Balaban J connectivity index is 2.46. The lowest BCUT2D eigenvalue weighted by Gasteiger charge is -2.20. The monoisotopic (exact) mass is 231 g/mol. The van der Waals surface area contributed by atoms with E-state index < -0.39 is 17.2 Å². The Morgan fingerprint density at radius 3 is 2.62 bits per heavy atom. The lowest BCUT2D eigenvalue weighted by Crippen LogP contribution is -2.35. The van der Waals surface area contributed by atoms with Crippen molar-refractivity contribution in [3.8, 4) is 5.75 Å². The summed E-state index contributed by atoms with van der Waals surface area (Å²) in [6.07, 6.45) is 0.322. The van der Waals surface area contributed by atoms with Gasteiger partial charge in [-0.1, -0.05) is 0 Å². The van der Waals surface area contributed by atoms with E-state index >= 15 is 0 Å². The van der Waals surface area contributed by atoms with Crippen LogP contribution < -0.4 is 10.5 Å². The highest BCUT2D eigenvalue weighted by atomic mass is 19.2. The summed E-state index contributed by atoms with van der Waals surface area (Å²) < 4.78 is 30.5. The molecule has 16 heavy (non-hydrogen) atoms. The Hall–Kier alpha value is -1.20. The van der Waals surface area contributed by atoms with Crippen LogP contribution in [0.1, 0.15) is 13.3 Å². The van der Waals surface area contributed by atoms with E-state index in [2.05, 4.69) is 0 Å². The molecule has 5 heteroatoms. The smallest absolute Gasteiger partial charge is 0.162 e. The second-order valence-electron chi connectivity index (χ2n) is 3.88. The Bertz CT molecular complexity index is 356. The summed E-state index contributed by atoms with van der Waals surface area (Å²) in [7, 11) is 0. The van der Waals surface area contributed by atoms with Gasteiger partial charge in [0.2, 0.25) is 0 Å². The van der Waals surface area contributed by atoms with Crippen LogP contribution in [0.2, 0.25) is 0 Å². The lowest BCUT2D eigenvalue weighted by atomic mass is 10.0. The maximum atomic E-state index is 12.8. The van der Waals surface area contributed by atoms with Crippen molar-refractivity contribution >= 4 is 0 Å². The Morgan fingerprint density at radius 2 is 2.06 bits per heavy atom. The molecule has 0 amide bonds. The SMILES string of the molecule is CC(O)(CN)CCOc1ccc(F)c(F)c1. The molecule has 0 aliphatic carbocycles. The number of benzene rings is 1. The molecular weight excluding hydrogens is 216 g/mol. The van der Waals surface area contributed by atoms with Gasteiger partial charge < -0.3 is 15.6 Å². The molecule has 1 atom stereocenters. The fraction of sp³-hybridized carbons (Fsp3) is 0.455. The van der Waals surface area contributed by atoms with Gasteiger partial charge in [-0.3, -0.25) is 0 Å². The van der Waals surface area contributed by atoms with Crippen LogP contribution in [-0.4, -0.2) is 23.9 Å². The highest BCUT2D eigenvalue weighted by Crippen LogP contribution is 2.16. The summed E-state index contributed by atoms with van der Waals surface area (Å²) in [5, 5.41) is 9.56. The predicted octanol–water partition coefficient (Wildman–Crippen LogP) is 1.44. The Morgan fingerprint density at radius 1 is 1.38 bits per heavy atom. The molecule has 0 aromatic heterocycles. The number of nitrogens with two attached hydrogens (primary N) is 1. The van der Waals surface area contributed by atoms with Crippen molar-refractivity contribution in [2.75, 3.05) is 13.2 Å². The van der Waals surface area contributed by atoms with Gasteiger partial charge in [0.15, 0.2) is 11.6 Å². The van der Waals surface area contributed by atoms with E-state index in [-0.39, 0.29) is 18.9 Å². The number of aliphatic hydroxyl groups is 1. The molecule has 1 aromatic carbocycles. The van der Waals surface area contributed by atoms with Crippen LogP contribution in [0, 0.1) is 11.6 Å². The zero-order valence-electron chi connectivity index (χ0n) is 9.04.